The highest BCUT2D eigenvalue weighted by Gasteiger charge is 2.20. The Labute approximate surface area is 147 Å². The first-order valence-electron chi connectivity index (χ1n) is 6.51. The molecule has 0 saturated carbocycles. The van der Waals surface area contributed by atoms with Crippen LogP contribution in [0.5, 0.6) is 11.5 Å². The maximum atomic E-state index is 5.80. The molecule has 0 aliphatic heterocycles. The predicted octanol–water partition coefficient (Wildman–Crippen LogP) is 4.65. The first-order chi connectivity index (χ1) is 10.5. The summed E-state index contributed by atoms with van der Waals surface area (Å²) in [5.74, 6) is 1.71. The maximum absolute atomic E-state index is 5.80. The van der Waals surface area contributed by atoms with Gasteiger partial charge in [-0.25, -0.2) is 0 Å². The van der Waals surface area contributed by atoms with Gasteiger partial charge >= 0.3 is 0 Å². The molecule has 118 valence electrons. The molecule has 22 heavy (non-hydrogen) atoms. The Morgan fingerprint density at radius 1 is 0.955 bits per heavy atom. The van der Waals surface area contributed by atoms with Crippen molar-refractivity contribution in [3.63, 3.8) is 0 Å². The van der Waals surface area contributed by atoms with E-state index in [1.165, 1.54) is 5.30 Å². The van der Waals surface area contributed by atoms with Gasteiger partial charge in [0.15, 0.2) is 0 Å². The number of methoxy groups -OCH3 is 2. The monoisotopic (exact) mass is 388 g/mol. The van der Waals surface area contributed by atoms with Crippen LogP contribution in [0.1, 0.15) is 0 Å². The number of benzene rings is 2. The fraction of sp³-hybridized carbons (Fsp3) is 0.200. The summed E-state index contributed by atoms with van der Waals surface area (Å²) in [7, 11) is 2.92. The largest absolute Gasteiger partial charge is 0.497 e. The Balaban J connectivity index is 2.13. The second-order valence-electron chi connectivity index (χ2n) is 4.50. The van der Waals surface area contributed by atoms with E-state index in [0.29, 0.717) is 0 Å². The zero-order chi connectivity index (χ0) is 16.2. The zero-order valence-electron chi connectivity index (χ0n) is 12.6. The Morgan fingerprint density at radius 3 is 1.86 bits per heavy atom. The molecule has 2 rings (SSSR count). The van der Waals surface area contributed by atoms with Gasteiger partial charge in [0.05, 0.1) is 18.7 Å². The smallest absolute Gasteiger partial charge is 0.118 e. The zero-order valence-corrected chi connectivity index (χ0v) is 16.9. The minimum absolute atomic E-state index is 0.417. The second-order valence-corrected chi connectivity index (χ2v) is 18.7. The lowest BCUT2D eigenvalue weighted by Crippen LogP contribution is -2.00. The Morgan fingerprint density at radius 2 is 1.41 bits per heavy atom. The number of hydrogen-bond acceptors (Lipinski definition) is 4. The van der Waals surface area contributed by atoms with Crippen LogP contribution in [-0.2, 0) is 11.8 Å². The van der Waals surface area contributed by atoms with Crippen molar-refractivity contribution in [2.24, 2.45) is 0 Å². The first-order valence-corrected chi connectivity index (χ1v) is 14.3. The molecule has 0 saturated heterocycles. The van der Waals surface area contributed by atoms with Gasteiger partial charge in [-0.2, -0.15) is 0 Å². The normalized spacial score (nSPS) is 14.9. The average molecular weight is 388 g/mol. The van der Waals surface area contributed by atoms with Gasteiger partial charge in [0.25, 0.3) is 0 Å². The van der Waals surface area contributed by atoms with Gasteiger partial charge in [0.1, 0.15) is 11.5 Å². The molecule has 0 bridgehead atoms. The number of thiol groups is 1. The van der Waals surface area contributed by atoms with E-state index in [2.05, 4.69) is 18.8 Å². The summed E-state index contributed by atoms with van der Waals surface area (Å²) in [4.78, 5) is 0. The van der Waals surface area contributed by atoms with E-state index >= 15 is 0 Å². The molecule has 0 aliphatic carbocycles. The topological polar surface area (TPSA) is 18.5 Å². The molecule has 0 aliphatic rings. The lowest BCUT2D eigenvalue weighted by molar-refractivity contribution is 0.415. The molecule has 0 N–H and O–H groups in total. The fourth-order valence-corrected chi connectivity index (χ4v) is 16.8. The summed E-state index contributed by atoms with van der Waals surface area (Å²) in [5, 5.41) is 2.40. The number of hydrogen-bond donors (Lipinski definition) is 1. The van der Waals surface area contributed by atoms with Crippen LogP contribution in [0.15, 0.2) is 48.5 Å². The van der Waals surface area contributed by atoms with E-state index in [0.717, 1.165) is 16.8 Å². The summed E-state index contributed by atoms with van der Waals surface area (Å²) in [6.07, 6.45) is 0. The molecule has 2 unspecified atom stereocenters. The van der Waals surface area contributed by atoms with Crippen LogP contribution in [0.25, 0.3) is 0 Å². The van der Waals surface area contributed by atoms with Crippen LogP contribution in [-0.4, -0.2) is 20.9 Å². The summed E-state index contributed by atoms with van der Waals surface area (Å²) >= 11 is 12.4. The standard InChI is InChI=1S/C15H18O2P2S3/c1-16-12-4-8-14(9-5-12)18(3)22-19(20,21)15-10-6-13(17-2)7-11-15/h4-11H,1-3H3,(H,20,21). The molecule has 0 aromatic heterocycles. The number of rotatable bonds is 6. The summed E-state index contributed by atoms with van der Waals surface area (Å²) < 4.78 is 8.46. The molecule has 0 spiro atoms. The second kappa shape index (κ2) is 8.08. The van der Waals surface area contributed by atoms with E-state index in [-0.39, 0.29) is 0 Å². The molecule has 0 radical (unpaired) electrons. The Hall–Kier alpha value is -0.180. The lowest BCUT2D eigenvalue weighted by Gasteiger charge is -2.21. The molecule has 0 amide bonds. The van der Waals surface area contributed by atoms with Gasteiger partial charge in [-0.15, -0.1) is 12.2 Å². The van der Waals surface area contributed by atoms with Gasteiger partial charge in [-0.05, 0) is 55.5 Å². The molecule has 2 nitrogen and oxygen atoms in total. The van der Waals surface area contributed by atoms with Gasteiger partial charge in [0, 0.05) is 5.30 Å². The highest BCUT2D eigenvalue weighted by Crippen LogP contribution is 2.73. The number of ether oxygens (including phenoxy) is 2. The van der Waals surface area contributed by atoms with Crippen molar-refractivity contribution in [2.75, 3.05) is 20.9 Å². The van der Waals surface area contributed by atoms with Crippen LogP contribution in [0.4, 0.5) is 0 Å². The van der Waals surface area contributed by atoms with Crippen molar-refractivity contribution in [3.05, 3.63) is 48.5 Å². The molecule has 2 atom stereocenters. The molecule has 7 heteroatoms. The van der Waals surface area contributed by atoms with Gasteiger partial charge in [-0.1, -0.05) is 34.9 Å². The van der Waals surface area contributed by atoms with E-state index in [1.54, 1.807) is 14.2 Å². The highest BCUT2D eigenvalue weighted by atomic mass is 33.4. The van der Waals surface area contributed by atoms with Crippen LogP contribution < -0.4 is 20.1 Å². The van der Waals surface area contributed by atoms with Crippen LogP contribution in [0, 0.1) is 0 Å². The quantitative estimate of drug-likeness (QED) is 0.573. The van der Waals surface area contributed by atoms with Gasteiger partial charge < -0.3 is 9.47 Å². The van der Waals surface area contributed by atoms with E-state index < -0.39 is 11.6 Å². The fourth-order valence-electron chi connectivity index (χ4n) is 1.82. The molecule has 0 heterocycles. The molecule has 0 fully saturated rings. The third-order valence-electron chi connectivity index (χ3n) is 3.07. The van der Waals surface area contributed by atoms with E-state index in [4.69, 9.17) is 33.5 Å². The van der Waals surface area contributed by atoms with Gasteiger partial charge in [0.2, 0.25) is 0 Å². The van der Waals surface area contributed by atoms with Gasteiger partial charge in [-0.3, -0.25) is 0 Å². The molecular weight excluding hydrogens is 370 g/mol. The van der Waals surface area contributed by atoms with E-state index in [1.807, 2.05) is 47.4 Å². The highest BCUT2D eigenvalue weighted by molar-refractivity contribution is 9.11. The van der Waals surface area contributed by atoms with Crippen LogP contribution in [0.3, 0.4) is 0 Å². The minimum Gasteiger partial charge on any atom is -0.497 e. The van der Waals surface area contributed by atoms with Crippen LogP contribution >= 0.6 is 34.8 Å². The predicted molar refractivity (Wildman–Crippen MR) is 109 cm³/mol. The summed E-state index contributed by atoms with van der Waals surface area (Å²) in [6, 6.07) is 16.1. The summed E-state index contributed by atoms with van der Waals surface area (Å²) in [6.45, 7) is 2.22. The van der Waals surface area contributed by atoms with Crippen molar-refractivity contribution < 1.29 is 9.47 Å². The van der Waals surface area contributed by atoms with Crippen molar-refractivity contribution in [1.29, 1.82) is 0 Å². The Bertz CT molecular complexity index is 659. The lowest BCUT2D eigenvalue weighted by atomic mass is 10.3. The minimum atomic E-state index is -1.93. The van der Waals surface area contributed by atoms with Crippen molar-refractivity contribution in [2.45, 2.75) is 0 Å². The third kappa shape index (κ3) is 4.66. The van der Waals surface area contributed by atoms with Crippen molar-refractivity contribution in [1.82, 2.24) is 0 Å². The van der Waals surface area contributed by atoms with Crippen LogP contribution in [0.2, 0.25) is 0 Å². The molecule has 2 aromatic rings. The summed E-state index contributed by atoms with van der Waals surface area (Å²) in [5.41, 5.74) is 0. The van der Waals surface area contributed by atoms with E-state index in [9.17, 15) is 0 Å². The first kappa shape index (κ1) is 18.2. The average Bonchev–Trinajstić information content (AvgIpc) is 2.54. The molecule has 2 aromatic carbocycles. The molecular formula is C15H18O2P2S3. The third-order valence-corrected chi connectivity index (χ3v) is 17.5. The SMILES string of the molecule is COc1ccc(P(C)SP(=S)(S)c2ccc(OC)cc2)cc1. The van der Waals surface area contributed by atoms with Crippen molar-refractivity contribution in [3.8, 4) is 11.5 Å². The van der Waals surface area contributed by atoms with Crippen molar-refractivity contribution >= 4 is 57.2 Å². The Kier molecular flexibility index (Phi) is 6.67. The maximum Gasteiger partial charge on any atom is 0.118 e.